The first kappa shape index (κ1) is 16.4. The van der Waals surface area contributed by atoms with E-state index in [4.69, 9.17) is 10.5 Å². The first-order chi connectivity index (χ1) is 8.80. The Kier molecular flexibility index (Phi) is 5.77. The summed E-state index contributed by atoms with van der Waals surface area (Å²) in [6.07, 6.45) is 3.00. The van der Waals surface area contributed by atoms with Gasteiger partial charge in [-0.25, -0.2) is 0 Å². The van der Waals surface area contributed by atoms with Gasteiger partial charge in [0.2, 0.25) is 5.91 Å². The summed E-state index contributed by atoms with van der Waals surface area (Å²) in [5.41, 5.74) is 4.96. The van der Waals surface area contributed by atoms with Gasteiger partial charge in [0, 0.05) is 25.2 Å². The number of rotatable bonds is 9. The van der Waals surface area contributed by atoms with Gasteiger partial charge < -0.3 is 15.8 Å². The fraction of sp³-hybridized carbons (Fsp3) is 0.929. The van der Waals surface area contributed by atoms with Crippen LogP contribution in [0.2, 0.25) is 0 Å². The predicted octanol–water partition coefficient (Wildman–Crippen LogP) is 0.728. The molecule has 1 amide bonds. The Morgan fingerprint density at radius 3 is 2.47 bits per heavy atom. The number of nitrogens with one attached hydrogen (secondary N) is 1. The van der Waals surface area contributed by atoms with Crippen LogP contribution in [0.25, 0.3) is 0 Å². The van der Waals surface area contributed by atoms with Crippen LogP contribution in [0, 0.1) is 0 Å². The number of primary amides is 1. The van der Waals surface area contributed by atoms with Crippen molar-refractivity contribution in [2.75, 3.05) is 20.8 Å². The van der Waals surface area contributed by atoms with Crippen LogP contribution in [-0.4, -0.2) is 55.2 Å². The average molecular weight is 271 g/mol. The zero-order chi connectivity index (χ0) is 14.6. The van der Waals surface area contributed by atoms with Crippen LogP contribution in [0.15, 0.2) is 0 Å². The van der Waals surface area contributed by atoms with Crippen LogP contribution in [-0.2, 0) is 9.53 Å². The third-order valence-electron chi connectivity index (χ3n) is 4.15. The van der Waals surface area contributed by atoms with Crippen LogP contribution < -0.4 is 11.1 Å². The van der Waals surface area contributed by atoms with Gasteiger partial charge in [0.15, 0.2) is 0 Å². The van der Waals surface area contributed by atoms with Crippen LogP contribution in [0.4, 0.5) is 0 Å². The van der Waals surface area contributed by atoms with Gasteiger partial charge in [-0.3, -0.25) is 9.69 Å². The Balaban J connectivity index is 2.59. The van der Waals surface area contributed by atoms with E-state index in [1.807, 2.05) is 6.92 Å². The lowest BCUT2D eigenvalue weighted by atomic mass is 9.91. The molecule has 0 spiro atoms. The molecule has 1 rings (SSSR count). The van der Waals surface area contributed by atoms with E-state index in [-0.39, 0.29) is 11.9 Å². The molecular weight excluding hydrogens is 242 g/mol. The second-order valence-electron chi connectivity index (χ2n) is 6.14. The maximum atomic E-state index is 11.8. The second kappa shape index (κ2) is 6.68. The van der Waals surface area contributed by atoms with Crippen molar-refractivity contribution in [3.05, 3.63) is 0 Å². The van der Waals surface area contributed by atoms with Crippen LogP contribution in [0.1, 0.15) is 40.0 Å². The van der Waals surface area contributed by atoms with Crippen LogP contribution in [0.3, 0.4) is 0 Å². The van der Waals surface area contributed by atoms with Gasteiger partial charge in [-0.05, 0) is 47.1 Å². The number of nitrogens with zero attached hydrogens (tertiary/aromatic N) is 1. The van der Waals surface area contributed by atoms with E-state index in [0.717, 1.165) is 12.8 Å². The molecule has 1 fully saturated rings. The van der Waals surface area contributed by atoms with Crippen molar-refractivity contribution in [2.45, 2.75) is 63.7 Å². The highest BCUT2D eigenvalue weighted by Gasteiger charge is 2.38. The van der Waals surface area contributed by atoms with E-state index in [2.05, 4.69) is 31.1 Å². The molecule has 0 bridgehead atoms. The van der Waals surface area contributed by atoms with E-state index in [9.17, 15) is 4.79 Å². The summed E-state index contributed by atoms with van der Waals surface area (Å²) in [4.78, 5) is 14.0. The molecule has 0 aromatic rings. The van der Waals surface area contributed by atoms with Gasteiger partial charge in [0.05, 0.1) is 12.1 Å². The summed E-state index contributed by atoms with van der Waals surface area (Å²) >= 11 is 0. The van der Waals surface area contributed by atoms with E-state index in [1.54, 1.807) is 7.11 Å². The molecule has 3 atom stereocenters. The summed E-state index contributed by atoms with van der Waals surface area (Å²) in [5.74, 6) is -0.265. The monoisotopic (exact) mass is 271 g/mol. The highest BCUT2D eigenvalue weighted by molar-refractivity contribution is 5.84. The van der Waals surface area contributed by atoms with Gasteiger partial charge in [0.1, 0.15) is 0 Å². The fourth-order valence-corrected chi connectivity index (χ4v) is 2.44. The van der Waals surface area contributed by atoms with Crippen LogP contribution >= 0.6 is 0 Å². The molecule has 112 valence electrons. The molecular formula is C14H29N3O2. The lowest BCUT2D eigenvalue weighted by molar-refractivity contribution is -0.124. The Bertz CT molecular complexity index is 307. The predicted molar refractivity (Wildman–Crippen MR) is 76.9 cm³/mol. The topological polar surface area (TPSA) is 67.6 Å². The summed E-state index contributed by atoms with van der Waals surface area (Å²) in [5, 5.41) is 3.39. The number of likely N-dealkylation sites (N-methyl/N-ethyl adjacent to an activating group) is 1. The molecule has 1 aliphatic carbocycles. The lowest BCUT2D eigenvalue weighted by Gasteiger charge is -2.36. The third kappa shape index (κ3) is 4.75. The van der Waals surface area contributed by atoms with E-state index in [1.165, 1.54) is 0 Å². The molecule has 3 unspecified atom stereocenters. The van der Waals surface area contributed by atoms with Crippen molar-refractivity contribution in [2.24, 2.45) is 5.73 Å². The molecule has 5 heteroatoms. The molecule has 19 heavy (non-hydrogen) atoms. The van der Waals surface area contributed by atoms with Gasteiger partial charge in [-0.1, -0.05) is 0 Å². The summed E-state index contributed by atoms with van der Waals surface area (Å²) in [6.45, 7) is 6.85. The molecule has 3 N–H and O–H groups in total. The van der Waals surface area contributed by atoms with Crippen molar-refractivity contribution in [3.63, 3.8) is 0 Å². The molecule has 0 aliphatic heterocycles. The van der Waals surface area contributed by atoms with Crippen molar-refractivity contribution in [3.8, 4) is 0 Å². The zero-order valence-electron chi connectivity index (χ0n) is 12.9. The number of hydrogen-bond donors (Lipinski definition) is 2. The standard InChI is InChI=1S/C14H29N3O2/c1-10(17(4)11(2)9-19-5)8-14(3,13(15)18)16-12-6-7-12/h10-12,16H,6-9H2,1-5H3,(H2,15,18). The Morgan fingerprint density at radius 2 is 2.05 bits per heavy atom. The Labute approximate surface area is 116 Å². The quantitative estimate of drug-likeness (QED) is 0.649. The Morgan fingerprint density at radius 1 is 1.47 bits per heavy atom. The highest BCUT2D eigenvalue weighted by Crippen LogP contribution is 2.25. The summed E-state index contributed by atoms with van der Waals surface area (Å²) in [6, 6.07) is 1.04. The fourth-order valence-electron chi connectivity index (χ4n) is 2.44. The molecule has 0 saturated heterocycles. The number of carbonyl (C=O) groups excluding carboxylic acids is 1. The minimum absolute atomic E-state index is 0.258. The average Bonchev–Trinajstić information content (AvgIpc) is 3.11. The number of carbonyl (C=O) groups is 1. The first-order valence-corrected chi connectivity index (χ1v) is 7.08. The van der Waals surface area contributed by atoms with Crippen LogP contribution in [0.5, 0.6) is 0 Å². The highest BCUT2D eigenvalue weighted by atomic mass is 16.5. The van der Waals surface area contributed by atoms with Gasteiger partial charge in [-0.2, -0.15) is 0 Å². The van der Waals surface area contributed by atoms with Crippen molar-refractivity contribution >= 4 is 5.91 Å². The minimum atomic E-state index is -0.623. The molecule has 1 aliphatic rings. The molecule has 0 heterocycles. The van der Waals surface area contributed by atoms with E-state index < -0.39 is 5.54 Å². The minimum Gasteiger partial charge on any atom is -0.383 e. The second-order valence-corrected chi connectivity index (χ2v) is 6.14. The number of ether oxygens (including phenoxy) is 1. The van der Waals surface area contributed by atoms with Gasteiger partial charge in [-0.15, -0.1) is 0 Å². The normalized spacial score (nSPS) is 22.0. The maximum absolute atomic E-state index is 11.8. The maximum Gasteiger partial charge on any atom is 0.237 e. The number of amides is 1. The van der Waals surface area contributed by atoms with E-state index in [0.29, 0.717) is 25.1 Å². The number of hydrogen-bond acceptors (Lipinski definition) is 4. The largest absolute Gasteiger partial charge is 0.383 e. The van der Waals surface area contributed by atoms with E-state index >= 15 is 0 Å². The van der Waals surface area contributed by atoms with Crippen molar-refractivity contribution < 1.29 is 9.53 Å². The third-order valence-corrected chi connectivity index (χ3v) is 4.15. The first-order valence-electron chi connectivity index (χ1n) is 7.08. The van der Waals surface area contributed by atoms with Gasteiger partial charge >= 0.3 is 0 Å². The number of nitrogens with two attached hydrogens (primary N) is 1. The zero-order valence-corrected chi connectivity index (χ0v) is 12.9. The molecule has 0 aromatic heterocycles. The molecule has 0 aromatic carbocycles. The molecule has 0 radical (unpaired) electrons. The van der Waals surface area contributed by atoms with Crippen molar-refractivity contribution in [1.29, 1.82) is 0 Å². The molecule has 1 saturated carbocycles. The lowest BCUT2D eigenvalue weighted by Crippen LogP contribution is -2.57. The SMILES string of the molecule is COCC(C)N(C)C(C)CC(C)(NC1CC1)C(N)=O. The summed E-state index contributed by atoms with van der Waals surface area (Å²) < 4.78 is 5.18. The van der Waals surface area contributed by atoms with Gasteiger partial charge in [0.25, 0.3) is 0 Å². The summed E-state index contributed by atoms with van der Waals surface area (Å²) in [7, 11) is 3.77. The van der Waals surface area contributed by atoms with Crippen molar-refractivity contribution in [1.82, 2.24) is 10.2 Å². The molecule has 5 nitrogen and oxygen atoms in total. The smallest absolute Gasteiger partial charge is 0.237 e. The Hall–Kier alpha value is -0.650. The number of methoxy groups -OCH3 is 1.